The van der Waals surface area contributed by atoms with Gasteiger partial charge in [-0.05, 0) is 67.4 Å². The van der Waals surface area contributed by atoms with E-state index in [0.29, 0.717) is 35.9 Å². The van der Waals surface area contributed by atoms with Crippen molar-refractivity contribution in [1.29, 1.82) is 0 Å². The molecule has 178 valence electrons. The van der Waals surface area contributed by atoms with Gasteiger partial charge in [0.15, 0.2) is 18.1 Å². The van der Waals surface area contributed by atoms with Gasteiger partial charge in [0.1, 0.15) is 11.6 Å². The van der Waals surface area contributed by atoms with Gasteiger partial charge in [0.05, 0.1) is 13.7 Å². The van der Waals surface area contributed by atoms with Crippen molar-refractivity contribution in [2.24, 2.45) is 0 Å². The molecule has 0 aliphatic rings. The van der Waals surface area contributed by atoms with E-state index in [0.717, 1.165) is 18.6 Å². The summed E-state index contributed by atoms with van der Waals surface area (Å²) in [5.41, 5.74) is 0.876. The van der Waals surface area contributed by atoms with E-state index in [1.165, 1.54) is 31.4 Å². The van der Waals surface area contributed by atoms with Crippen LogP contribution in [0.2, 0.25) is 0 Å². The highest BCUT2D eigenvalue weighted by Gasteiger charge is 2.12. The largest absolute Gasteiger partial charge is 0.494 e. The fourth-order valence-corrected chi connectivity index (χ4v) is 3.04. The van der Waals surface area contributed by atoms with Crippen LogP contribution in [0.1, 0.15) is 23.2 Å². The first kappa shape index (κ1) is 24.6. The highest BCUT2D eigenvalue weighted by molar-refractivity contribution is 5.95. The van der Waals surface area contributed by atoms with Gasteiger partial charge in [0.2, 0.25) is 0 Å². The molecule has 0 radical (unpaired) electrons. The first-order chi connectivity index (χ1) is 16.5. The van der Waals surface area contributed by atoms with Gasteiger partial charge < -0.3 is 24.8 Å². The predicted octanol–water partition coefficient (Wildman–Crippen LogP) is 4.44. The summed E-state index contributed by atoms with van der Waals surface area (Å²) in [6, 6.07) is 19.7. The average molecular weight is 467 g/mol. The number of hydrogen-bond acceptors (Lipinski definition) is 5. The number of hydrogen-bond donors (Lipinski definition) is 2. The number of para-hydroxylation sites is 1. The minimum Gasteiger partial charge on any atom is -0.494 e. The second kappa shape index (κ2) is 12.8. The first-order valence-corrected chi connectivity index (χ1v) is 10.9. The summed E-state index contributed by atoms with van der Waals surface area (Å²) < 4.78 is 29.4. The lowest BCUT2D eigenvalue weighted by Crippen LogP contribution is -2.25. The van der Waals surface area contributed by atoms with E-state index in [4.69, 9.17) is 14.2 Å². The van der Waals surface area contributed by atoms with Gasteiger partial charge in [-0.2, -0.15) is 0 Å². The number of unbranched alkanes of at least 4 members (excludes halogenated alkanes) is 1. The van der Waals surface area contributed by atoms with Crippen LogP contribution in [0, 0.1) is 5.82 Å². The van der Waals surface area contributed by atoms with Crippen molar-refractivity contribution in [3.63, 3.8) is 0 Å². The Kier molecular flexibility index (Phi) is 9.28. The number of ether oxygens (including phenoxy) is 3. The van der Waals surface area contributed by atoms with Crippen LogP contribution < -0.4 is 24.8 Å². The van der Waals surface area contributed by atoms with Gasteiger partial charge in [-0.25, -0.2) is 4.39 Å². The van der Waals surface area contributed by atoms with Crippen LogP contribution in [-0.2, 0) is 4.79 Å². The molecule has 0 saturated carbocycles. The van der Waals surface area contributed by atoms with E-state index in [9.17, 15) is 14.0 Å². The Bertz CT molecular complexity index is 1070. The summed E-state index contributed by atoms with van der Waals surface area (Å²) in [5, 5.41) is 5.48. The third kappa shape index (κ3) is 7.81. The molecule has 0 aliphatic carbocycles. The highest BCUT2D eigenvalue weighted by atomic mass is 19.1. The first-order valence-electron chi connectivity index (χ1n) is 10.9. The van der Waals surface area contributed by atoms with E-state index in [2.05, 4.69) is 10.6 Å². The molecule has 0 saturated heterocycles. The molecule has 0 atom stereocenters. The summed E-state index contributed by atoms with van der Waals surface area (Å²) in [4.78, 5) is 24.5. The van der Waals surface area contributed by atoms with Crippen LogP contribution in [0.4, 0.5) is 10.1 Å². The van der Waals surface area contributed by atoms with Gasteiger partial charge in [-0.3, -0.25) is 9.59 Å². The molecule has 0 aromatic heterocycles. The topological polar surface area (TPSA) is 85.9 Å². The van der Waals surface area contributed by atoms with Crippen LogP contribution in [0.5, 0.6) is 17.2 Å². The number of rotatable bonds is 12. The Morgan fingerprint density at radius 1 is 0.882 bits per heavy atom. The van der Waals surface area contributed by atoms with Crippen LogP contribution in [0.15, 0.2) is 72.8 Å². The Morgan fingerprint density at radius 2 is 1.65 bits per heavy atom. The van der Waals surface area contributed by atoms with Gasteiger partial charge in [-0.15, -0.1) is 0 Å². The minimum atomic E-state index is -0.410. The lowest BCUT2D eigenvalue weighted by molar-refractivity contribution is -0.118. The number of benzene rings is 3. The van der Waals surface area contributed by atoms with Crippen molar-refractivity contribution in [1.82, 2.24) is 5.32 Å². The fraction of sp³-hybridized carbons (Fsp3) is 0.231. The maximum absolute atomic E-state index is 13.0. The quantitative estimate of drug-likeness (QED) is 0.386. The van der Waals surface area contributed by atoms with Crippen LogP contribution >= 0.6 is 0 Å². The summed E-state index contributed by atoms with van der Waals surface area (Å²) in [5.74, 6) is 0.452. The number of amides is 2. The molecule has 3 aromatic rings. The van der Waals surface area contributed by atoms with Crippen molar-refractivity contribution in [2.45, 2.75) is 12.8 Å². The lowest BCUT2D eigenvalue weighted by Gasteiger charge is -2.12. The van der Waals surface area contributed by atoms with Crippen molar-refractivity contribution < 1.29 is 28.2 Å². The molecule has 0 aliphatic heterocycles. The molecule has 3 aromatic carbocycles. The molecular formula is C26H27FN2O5. The van der Waals surface area contributed by atoms with E-state index in [1.54, 1.807) is 18.2 Å². The van der Waals surface area contributed by atoms with Crippen molar-refractivity contribution in [2.75, 3.05) is 32.2 Å². The molecule has 0 heterocycles. The second-order valence-corrected chi connectivity index (χ2v) is 7.33. The second-order valence-electron chi connectivity index (χ2n) is 7.33. The van der Waals surface area contributed by atoms with E-state index < -0.39 is 5.91 Å². The Morgan fingerprint density at radius 3 is 2.38 bits per heavy atom. The Labute approximate surface area is 197 Å². The van der Waals surface area contributed by atoms with E-state index in [1.807, 2.05) is 30.3 Å². The normalized spacial score (nSPS) is 10.3. The SMILES string of the molecule is COc1cc(C(=O)NCCCCOc2ccccc2)ccc1OCC(=O)Nc1ccc(F)cc1. The van der Waals surface area contributed by atoms with E-state index in [-0.39, 0.29) is 18.3 Å². The van der Waals surface area contributed by atoms with Crippen molar-refractivity contribution in [3.8, 4) is 17.2 Å². The number of methoxy groups -OCH3 is 1. The molecule has 7 nitrogen and oxygen atoms in total. The van der Waals surface area contributed by atoms with Crippen LogP contribution in [0.3, 0.4) is 0 Å². The van der Waals surface area contributed by atoms with Crippen LogP contribution in [0.25, 0.3) is 0 Å². The molecule has 34 heavy (non-hydrogen) atoms. The molecule has 0 bridgehead atoms. The number of carbonyl (C=O) groups excluding carboxylic acids is 2. The number of halogens is 1. The highest BCUT2D eigenvalue weighted by Crippen LogP contribution is 2.28. The fourth-order valence-electron chi connectivity index (χ4n) is 3.04. The number of carbonyl (C=O) groups is 2. The predicted molar refractivity (Wildman–Crippen MR) is 127 cm³/mol. The molecule has 3 rings (SSSR count). The molecule has 8 heteroatoms. The third-order valence-corrected chi connectivity index (χ3v) is 4.78. The Hall–Kier alpha value is -4.07. The average Bonchev–Trinajstić information content (AvgIpc) is 2.86. The lowest BCUT2D eigenvalue weighted by atomic mass is 10.2. The Balaban J connectivity index is 1.41. The molecule has 2 N–H and O–H groups in total. The summed E-state index contributed by atoms with van der Waals surface area (Å²) in [6.07, 6.45) is 1.59. The molecular weight excluding hydrogens is 439 g/mol. The van der Waals surface area contributed by atoms with E-state index >= 15 is 0 Å². The standard InChI is InChI=1S/C26H27FN2O5/c1-32-24-17-19(26(31)28-15-5-6-16-33-22-7-3-2-4-8-22)9-14-23(24)34-18-25(30)29-21-12-10-20(27)11-13-21/h2-4,7-14,17H,5-6,15-16,18H2,1H3,(H,28,31)(H,29,30). The zero-order valence-electron chi connectivity index (χ0n) is 18.9. The summed E-state index contributed by atoms with van der Waals surface area (Å²) in [6.45, 7) is 0.819. The van der Waals surface area contributed by atoms with Gasteiger partial charge in [-0.1, -0.05) is 18.2 Å². The summed E-state index contributed by atoms with van der Waals surface area (Å²) >= 11 is 0. The molecule has 2 amide bonds. The smallest absolute Gasteiger partial charge is 0.262 e. The van der Waals surface area contributed by atoms with Crippen LogP contribution in [-0.4, -0.2) is 38.7 Å². The van der Waals surface area contributed by atoms with Gasteiger partial charge in [0.25, 0.3) is 11.8 Å². The summed E-state index contributed by atoms with van der Waals surface area (Å²) in [7, 11) is 1.45. The van der Waals surface area contributed by atoms with Crippen molar-refractivity contribution in [3.05, 3.63) is 84.2 Å². The number of anilines is 1. The van der Waals surface area contributed by atoms with Gasteiger partial charge >= 0.3 is 0 Å². The maximum Gasteiger partial charge on any atom is 0.262 e. The molecule has 0 spiro atoms. The minimum absolute atomic E-state index is 0.233. The number of nitrogens with one attached hydrogen (secondary N) is 2. The van der Waals surface area contributed by atoms with Gasteiger partial charge in [0, 0.05) is 17.8 Å². The molecule has 0 fully saturated rings. The van der Waals surface area contributed by atoms with Crippen molar-refractivity contribution >= 4 is 17.5 Å². The zero-order valence-corrected chi connectivity index (χ0v) is 18.9. The molecule has 0 unspecified atom stereocenters. The monoisotopic (exact) mass is 466 g/mol. The third-order valence-electron chi connectivity index (χ3n) is 4.78. The zero-order chi connectivity index (χ0) is 24.2. The maximum atomic E-state index is 13.0.